The van der Waals surface area contributed by atoms with E-state index in [2.05, 4.69) is 52.8 Å². The number of H-pyrrole nitrogens is 1. The lowest BCUT2D eigenvalue weighted by atomic mass is 10.1. The number of tetrazole rings is 1. The van der Waals surface area contributed by atoms with Gasteiger partial charge in [0.1, 0.15) is 24.1 Å². The number of aromatic nitrogens is 8. The molecule has 5 atom stereocenters. The molecule has 0 spiro atoms. The quantitative estimate of drug-likeness (QED) is 0.110. The van der Waals surface area contributed by atoms with Crippen LogP contribution in [0.1, 0.15) is 56.4 Å². The average molecular weight is 606 g/mol. The fourth-order valence-corrected chi connectivity index (χ4v) is 5.95. The number of ether oxygens (including phenoxy) is 2. The number of nitrogens with zero attached hydrogens (tertiary/aromatic N) is 7. The predicted molar refractivity (Wildman–Crippen MR) is 142 cm³/mol. The minimum absolute atomic E-state index is 0.108. The molecule has 3 aliphatic rings. The Bertz CT molecular complexity index is 1510. The van der Waals surface area contributed by atoms with E-state index in [1.807, 2.05) is 0 Å². The second-order valence-corrected chi connectivity index (χ2v) is 12.8. The zero-order chi connectivity index (χ0) is 29.5. The van der Waals surface area contributed by atoms with Gasteiger partial charge < -0.3 is 39.9 Å². The van der Waals surface area contributed by atoms with Crippen molar-refractivity contribution in [3.8, 4) is 11.8 Å². The summed E-state index contributed by atoms with van der Waals surface area (Å²) >= 11 is 0. The SMILES string of the molecule is O=P(O)(O)[C@@](CO)(Cc1nn[nH]n1)OC[C@H]1O[C@@H](n2ncc3c(NC4CCCC4)nc(C#CC4CC4)nc32)[C@H](O)[C@@H]1O. The number of aliphatic hydroxyl groups is 3. The Morgan fingerprint density at radius 1 is 1.19 bits per heavy atom. The van der Waals surface area contributed by atoms with Gasteiger partial charge in [0, 0.05) is 12.0 Å². The maximum atomic E-state index is 12.4. The van der Waals surface area contributed by atoms with Gasteiger partial charge in [-0.3, -0.25) is 4.57 Å². The van der Waals surface area contributed by atoms with E-state index in [0.717, 1.165) is 38.5 Å². The highest BCUT2D eigenvalue weighted by Gasteiger charge is 2.52. The van der Waals surface area contributed by atoms with Crippen molar-refractivity contribution in [1.29, 1.82) is 0 Å². The summed E-state index contributed by atoms with van der Waals surface area (Å²) in [6.07, 6.45) is 1.81. The van der Waals surface area contributed by atoms with E-state index in [-0.39, 0.29) is 11.9 Å². The lowest BCUT2D eigenvalue weighted by Crippen LogP contribution is -2.43. The van der Waals surface area contributed by atoms with E-state index in [1.54, 1.807) is 6.20 Å². The van der Waals surface area contributed by atoms with Crippen LogP contribution < -0.4 is 5.32 Å². The molecule has 0 aromatic carbocycles. The van der Waals surface area contributed by atoms with Crippen molar-refractivity contribution in [2.75, 3.05) is 18.5 Å². The Hall–Kier alpha value is -3.07. The first-order valence-corrected chi connectivity index (χ1v) is 15.4. The van der Waals surface area contributed by atoms with Crippen molar-refractivity contribution < 1.29 is 39.1 Å². The Balaban J connectivity index is 1.26. The monoisotopic (exact) mass is 605 g/mol. The second kappa shape index (κ2) is 11.5. The summed E-state index contributed by atoms with van der Waals surface area (Å²) in [6.45, 7) is -1.69. The number of aromatic amines is 1. The highest BCUT2D eigenvalue weighted by atomic mass is 31.2. The number of hydrogen-bond donors (Lipinski definition) is 7. The maximum Gasteiger partial charge on any atom is 0.359 e. The van der Waals surface area contributed by atoms with Crippen LogP contribution in [0.15, 0.2) is 6.20 Å². The van der Waals surface area contributed by atoms with Crippen molar-refractivity contribution in [3.05, 3.63) is 17.8 Å². The van der Waals surface area contributed by atoms with Crippen LogP contribution in [0.4, 0.5) is 5.82 Å². The summed E-state index contributed by atoms with van der Waals surface area (Å²) in [5.74, 6) is 7.28. The standard InChI is InChI=1S/C24H32N9O8P/c34-12-24(42(37,38)39,9-18-29-31-32-30-18)40-11-16-19(35)20(36)23(41-16)33-22-15(10-25-33)21(26-14-3-1-2-4-14)27-17(28-22)8-7-13-5-6-13/h10,13-14,16,19-20,23,34-36H,1-6,9,11-12H2,(H,26,27,28)(H2,37,38,39)(H,29,30,31,32)/t16-,19-,20-,23-,24-/m1/s1. The highest BCUT2D eigenvalue weighted by molar-refractivity contribution is 7.53. The van der Waals surface area contributed by atoms with Crippen LogP contribution in [0.2, 0.25) is 0 Å². The average Bonchev–Trinajstić information content (AvgIpc) is 3.33. The minimum atomic E-state index is -5.12. The van der Waals surface area contributed by atoms with Gasteiger partial charge in [-0.05, 0) is 31.6 Å². The molecular weight excluding hydrogens is 573 g/mol. The van der Waals surface area contributed by atoms with Crippen molar-refractivity contribution >= 4 is 24.4 Å². The number of aliphatic hydroxyl groups excluding tert-OH is 3. The van der Waals surface area contributed by atoms with Gasteiger partial charge in [-0.25, -0.2) is 14.6 Å². The van der Waals surface area contributed by atoms with Gasteiger partial charge in [-0.2, -0.15) is 10.3 Å². The molecule has 0 amide bonds. The van der Waals surface area contributed by atoms with Crippen molar-refractivity contribution in [1.82, 2.24) is 40.4 Å². The van der Waals surface area contributed by atoms with Gasteiger partial charge in [0.15, 0.2) is 23.0 Å². The van der Waals surface area contributed by atoms with E-state index in [4.69, 9.17) is 9.47 Å². The molecule has 1 aliphatic heterocycles. The normalized spacial score (nSPS) is 26.3. The first kappa shape index (κ1) is 29.0. The molecule has 3 fully saturated rings. The second-order valence-electron chi connectivity index (χ2n) is 10.9. The summed E-state index contributed by atoms with van der Waals surface area (Å²) in [6, 6.07) is 0.251. The summed E-state index contributed by atoms with van der Waals surface area (Å²) in [5, 5.41) is 50.6. The van der Waals surface area contributed by atoms with Crippen LogP contribution in [0, 0.1) is 17.8 Å². The largest absolute Gasteiger partial charge is 0.393 e. The molecule has 18 heteroatoms. The number of anilines is 1. The van der Waals surface area contributed by atoms with Crippen molar-refractivity contribution in [3.63, 3.8) is 0 Å². The fraction of sp³-hybridized carbons (Fsp3) is 0.667. The van der Waals surface area contributed by atoms with E-state index in [1.165, 1.54) is 4.68 Å². The molecule has 42 heavy (non-hydrogen) atoms. The van der Waals surface area contributed by atoms with Crippen LogP contribution in [-0.2, 0) is 20.5 Å². The zero-order valence-corrected chi connectivity index (χ0v) is 23.3. The van der Waals surface area contributed by atoms with E-state index in [0.29, 0.717) is 28.6 Å². The smallest absolute Gasteiger partial charge is 0.359 e. The van der Waals surface area contributed by atoms with Crippen molar-refractivity contribution in [2.45, 2.75) is 80.9 Å². The van der Waals surface area contributed by atoms with Crippen LogP contribution in [0.5, 0.6) is 0 Å². The van der Waals surface area contributed by atoms with E-state index in [9.17, 15) is 29.7 Å². The molecule has 7 N–H and O–H groups in total. The van der Waals surface area contributed by atoms with Crippen molar-refractivity contribution in [2.24, 2.45) is 5.92 Å². The Labute approximate surface area is 239 Å². The van der Waals surface area contributed by atoms with E-state index >= 15 is 0 Å². The van der Waals surface area contributed by atoms with Gasteiger partial charge in [0.25, 0.3) is 0 Å². The number of rotatable bonds is 10. The maximum absolute atomic E-state index is 12.4. The first-order valence-electron chi connectivity index (χ1n) is 13.7. The number of nitrogens with one attached hydrogen (secondary N) is 2. The lowest BCUT2D eigenvalue weighted by Gasteiger charge is -2.32. The zero-order valence-electron chi connectivity index (χ0n) is 22.4. The third-order valence-corrected chi connectivity index (χ3v) is 9.30. The van der Waals surface area contributed by atoms with Gasteiger partial charge >= 0.3 is 7.60 Å². The lowest BCUT2D eigenvalue weighted by molar-refractivity contribution is -0.109. The summed E-state index contributed by atoms with van der Waals surface area (Å²) in [4.78, 5) is 29.3. The van der Waals surface area contributed by atoms with Crippen LogP contribution in [0.3, 0.4) is 0 Å². The molecular formula is C24H32N9O8P. The van der Waals surface area contributed by atoms with Gasteiger partial charge in [-0.15, -0.1) is 10.2 Å². The highest BCUT2D eigenvalue weighted by Crippen LogP contribution is 2.53. The number of fused-ring (bicyclic) bond motifs is 1. The van der Waals surface area contributed by atoms with Gasteiger partial charge in [0.05, 0.1) is 31.2 Å². The fourth-order valence-electron chi connectivity index (χ4n) is 5.18. The van der Waals surface area contributed by atoms with Gasteiger partial charge in [0.2, 0.25) is 5.82 Å². The Kier molecular flexibility index (Phi) is 7.98. The molecule has 1 saturated heterocycles. The summed E-state index contributed by atoms with van der Waals surface area (Å²) in [7, 11) is -5.12. The Morgan fingerprint density at radius 2 is 1.98 bits per heavy atom. The third-order valence-electron chi connectivity index (χ3n) is 7.81. The van der Waals surface area contributed by atoms with E-state index < -0.39 is 57.1 Å². The molecule has 226 valence electrons. The van der Waals surface area contributed by atoms with Crippen LogP contribution in [-0.4, -0.2) is 108 Å². The molecule has 2 aliphatic carbocycles. The molecule has 0 bridgehead atoms. The Morgan fingerprint density at radius 3 is 2.64 bits per heavy atom. The molecule has 3 aromatic heterocycles. The van der Waals surface area contributed by atoms with Crippen LogP contribution in [0.25, 0.3) is 11.0 Å². The molecule has 0 radical (unpaired) electrons. The third kappa shape index (κ3) is 5.77. The molecule has 2 saturated carbocycles. The molecule has 3 aromatic rings. The predicted octanol–water partition coefficient (Wildman–Crippen LogP) is -0.800. The first-order chi connectivity index (χ1) is 20.2. The van der Waals surface area contributed by atoms with Crippen LogP contribution >= 0.6 is 7.60 Å². The topological polar surface area (TPSA) is 247 Å². The van der Waals surface area contributed by atoms with Gasteiger partial charge in [-0.1, -0.05) is 24.0 Å². The number of hydrogen-bond acceptors (Lipinski definition) is 13. The minimum Gasteiger partial charge on any atom is -0.393 e. The molecule has 6 rings (SSSR count). The molecule has 17 nitrogen and oxygen atoms in total. The summed E-state index contributed by atoms with van der Waals surface area (Å²) in [5.41, 5.74) is 0.334. The molecule has 0 unspecified atom stereocenters. The summed E-state index contributed by atoms with van der Waals surface area (Å²) < 4.78 is 25.2. The molecule has 4 heterocycles.